The molecule has 0 aliphatic heterocycles. The van der Waals surface area contributed by atoms with E-state index in [1.807, 2.05) is 23.9 Å². The third kappa shape index (κ3) is 3.30. The molecule has 2 rings (SSSR count). The molecule has 0 aromatic heterocycles. The van der Waals surface area contributed by atoms with Crippen LogP contribution in [0.2, 0.25) is 5.02 Å². The molecule has 0 spiro atoms. The highest BCUT2D eigenvalue weighted by atomic mass is 35.5. The maximum atomic E-state index is 5.90. The summed E-state index contributed by atoms with van der Waals surface area (Å²) in [6.45, 7) is 4.40. The number of aryl methyl sites for hydroxylation is 2. The molecule has 0 bridgehead atoms. The molecule has 2 aromatic carbocycles. The third-order valence-corrected chi connectivity index (χ3v) is 4.33. The zero-order valence-electron chi connectivity index (χ0n) is 10.7. The monoisotopic (exact) mass is 276 g/mol. The van der Waals surface area contributed by atoms with Crippen LogP contribution in [0.15, 0.2) is 52.3 Å². The summed E-state index contributed by atoms with van der Waals surface area (Å²) in [5, 5.41) is 0.788. The van der Waals surface area contributed by atoms with Crippen molar-refractivity contribution in [3.8, 4) is 0 Å². The second kappa shape index (κ2) is 6.31. The van der Waals surface area contributed by atoms with Crippen molar-refractivity contribution in [3.63, 3.8) is 0 Å². The summed E-state index contributed by atoms with van der Waals surface area (Å²) in [4.78, 5) is 2.58. The van der Waals surface area contributed by atoms with E-state index < -0.39 is 0 Å². The number of benzene rings is 2. The van der Waals surface area contributed by atoms with Gasteiger partial charge < -0.3 is 0 Å². The Bertz CT molecular complexity index is 517. The summed E-state index contributed by atoms with van der Waals surface area (Å²) >= 11 is 7.71. The molecule has 0 heterocycles. The molecule has 18 heavy (non-hydrogen) atoms. The quantitative estimate of drug-likeness (QED) is 0.699. The molecule has 0 saturated heterocycles. The first-order chi connectivity index (χ1) is 8.72. The molecule has 94 valence electrons. The van der Waals surface area contributed by atoms with Gasteiger partial charge in [0.1, 0.15) is 0 Å². The molecule has 0 fully saturated rings. The zero-order valence-corrected chi connectivity index (χ0v) is 12.3. The first-order valence-corrected chi connectivity index (χ1v) is 7.47. The average Bonchev–Trinajstić information content (AvgIpc) is 2.41. The lowest BCUT2D eigenvalue weighted by molar-refractivity contribution is 1.04. The fraction of sp³-hybridized carbons (Fsp3) is 0.250. The predicted octanol–water partition coefficient (Wildman–Crippen LogP) is 5.62. The minimum absolute atomic E-state index is 0.788. The summed E-state index contributed by atoms with van der Waals surface area (Å²) in [7, 11) is 0. The van der Waals surface area contributed by atoms with E-state index in [1.165, 1.54) is 20.9 Å². The smallest absolute Gasteiger partial charge is 0.0406 e. The van der Waals surface area contributed by atoms with Crippen LogP contribution in [0.3, 0.4) is 0 Å². The van der Waals surface area contributed by atoms with Crippen molar-refractivity contribution < 1.29 is 0 Å². The van der Waals surface area contributed by atoms with E-state index in [2.05, 4.69) is 44.2 Å². The van der Waals surface area contributed by atoms with E-state index in [9.17, 15) is 0 Å². The van der Waals surface area contributed by atoms with Crippen LogP contribution < -0.4 is 0 Å². The largest absolute Gasteiger partial charge is 0.0898 e. The van der Waals surface area contributed by atoms with Crippen molar-refractivity contribution >= 4 is 23.4 Å². The Balaban J connectivity index is 2.25. The Morgan fingerprint density at radius 2 is 1.67 bits per heavy atom. The van der Waals surface area contributed by atoms with Gasteiger partial charge in [-0.2, -0.15) is 0 Å². The fourth-order valence-electron chi connectivity index (χ4n) is 1.86. The third-order valence-electron chi connectivity index (χ3n) is 2.96. The summed E-state index contributed by atoms with van der Waals surface area (Å²) in [5.41, 5.74) is 2.83. The molecule has 0 aliphatic rings. The van der Waals surface area contributed by atoms with Gasteiger partial charge in [0.05, 0.1) is 0 Å². The number of hydrogen-bond acceptors (Lipinski definition) is 1. The summed E-state index contributed by atoms with van der Waals surface area (Å²) in [5.74, 6) is 0. The Morgan fingerprint density at radius 3 is 2.28 bits per heavy atom. The molecule has 2 aromatic rings. The second-order valence-electron chi connectivity index (χ2n) is 4.21. The van der Waals surface area contributed by atoms with Gasteiger partial charge in [-0.05, 0) is 54.3 Å². The molecule has 0 amide bonds. The van der Waals surface area contributed by atoms with Crippen LogP contribution in [0.4, 0.5) is 0 Å². The lowest BCUT2D eigenvalue weighted by Gasteiger charge is -2.09. The van der Waals surface area contributed by atoms with Gasteiger partial charge in [-0.3, -0.25) is 0 Å². The Hall–Kier alpha value is -0.920. The first-order valence-electron chi connectivity index (χ1n) is 6.28. The van der Waals surface area contributed by atoms with Crippen molar-refractivity contribution in [3.05, 3.63) is 58.6 Å². The van der Waals surface area contributed by atoms with Crippen molar-refractivity contribution in [1.82, 2.24) is 0 Å². The normalized spacial score (nSPS) is 10.6. The van der Waals surface area contributed by atoms with Crippen LogP contribution >= 0.6 is 23.4 Å². The van der Waals surface area contributed by atoms with Crippen molar-refractivity contribution in [2.45, 2.75) is 36.5 Å². The van der Waals surface area contributed by atoms with Gasteiger partial charge in [0.25, 0.3) is 0 Å². The maximum Gasteiger partial charge on any atom is 0.0406 e. The highest BCUT2D eigenvalue weighted by Crippen LogP contribution is 2.32. The van der Waals surface area contributed by atoms with E-state index in [0.29, 0.717) is 0 Å². The van der Waals surface area contributed by atoms with Gasteiger partial charge in [0.15, 0.2) is 0 Å². The van der Waals surface area contributed by atoms with E-state index >= 15 is 0 Å². The van der Waals surface area contributed by atoms with Crippen molar-refractivity contribution in [1.29, 1.82) is 0 Å². The van der Waals surface area contributed by atoms with Gasteiger partial charge in [-0.25, -0.2) is 0 Å². The lowest BCUT2D eigenvalue weighted by atomic mass is 10.1. The summed E-state index contributed by atoms with van der Waals surface area (Å²) in [6, 6.07) is 14.8. The molecule has 0 nitrogen and oxygen atoms in total. The topological polar surface area (TPSA) is 0 Å². The first kappa shape index (κ1) is 13.5. The zero-order chi connectivity index (χ0) is 13.0. The molecule has 0 unspecified atom stereocenters. The Kier molecular flexibility index (Phi) is 4.73. The number of rotatable bonds is 4. The van der Waals surface area contributed by atoms with Crippen LogP contribution in [-0.2, 0) is 12.8 Å². The summed E-state index contributed by atoms with van der Waals surface area (Å²) < 4.78 is 0. The minimum Gasteiger partial charge on any atom is -0.0898 e. The molecule has 0 radical (unpaired) electrons. The van der Waals surface area contributed by atoms with Crippen LogP contribution in [0.1, 0.15) is 25.0 Å². The minimum atomic E-state index is 0.788. The number of halogens is 1. The maximum absolute atomic E-state index is 5.90. The van der Waals surface area contributed by atoms with Crippen LogP contribution in [0, 0.1) is 0 Å². The van der Waals surface area contributed by atoms with Crippen molar-refractivity contribution in [2.24, 2.45) is 0 Å². The lowest BCUT2D eigenvalue weighted by Crippen LogP contribution is -1.89. The van der Waals surface area contributed by atoms with Gasteiger partial charge >= 0.3 is 0 Å². The molecule has 0 N–H and O–H groups in total. The van der Waals surface area contributed by atoms with Crippen LogP contribution in [-0.4, -0.2) is 0 Å². The van der Waals surface area contributed by atoms with Crippen LogP contribution in [0.25, 0.3) is 0 Å². The van der Waals surface area contributed by atoms with E-state index in [0.717, 1.165) is 17.9 Å². The second-order valence-corrected chi connectivity index (χ2v) is 5.76. The SMILES string of the molecule is CCc1ccc(Sc2ccc(Cl)cc2)c(CC)c1. The standard InChI is InChI=1S/C16H17ClS/c1-3-12-5-10-16(13(4-2)11-12)18-15-8-6-14(17)7-9-15/h5-11H,3-4H2,1-2H3. The summed E-state index contributed by atoms with van der Waals surface area (Å²) in [6.07, 6.45) is 2.17. The number of hydrogen-bond donors (Lipinski definition) is 0. The van der Waals surface area contributed by atoms with Gasteiger partial charge in [0, 0.05) is 14.8 Å². The predicted molar refractivity (Wildman–Crippen MR) is 80.8 cm³/mol. The molecule has 0 saturated carbocycles. The van der Waals surface area contributed by atoms with Gasteiger partial charge in [0.2, 0.25) is 0 Å². The Morgan fingerprint density at radius 1 is 0.944 bits per heavy atom. The molecular formula is C16H17ClS. The molecule has 0 atom stereocenters. The molecule has 2 heteroatoms. The molecular weight excluding hydrogens is 260 g/mol. The van der Waals surface area contributed by atoms with Crippen LogP contribution in [0.5, 0.6) is 0 Å². The fourth-order valence-corrected chi connectivity index (χ4v) is 2.98. The highest BCUT2D eigenvalue weighted by molar-refractivity contribution is 7.99. The highest BCUT2D eigenvalue weighted by Gasteiger charge is 2.04. The van der Waals surface area contributed by atoms with Gasteiger partial charge in [-0.1, -0.05) is 49.3 Å². The van der Waals surface area contributed by atoms with Gasteiger partial charge in [-0.15, -0.1) is 0 Å². The van der Waals surface area contributed by atoms with E-state index in [4.69, 9.17) is 11.6 Å². The molecule has 0 aliphatic carbocycles. The van der Waals surface area contributed by atoms with E-state index in [1.54, 1.807) is 0 Å². The van der Waals surface area contributed by atoms with Crippen molar-refractivity contribution in [2.75, 3.05) is 0 Å². The average molecular weight is 277 g/mol. The Labute approximate surface area is 118 Å². The van der Waals surface area contributed by atoms with E-state index in [-0.39, 0.29) is 0 Å².